The summed E-state index contributed by atoms with van der Waals surface area (Å²) in [5, 5.41) is 5.80. The van der Waals surface area contributed by atoms with Crippen molar-refractivity contribution in [2.24, 2.45) is 0 Å². The van der Waals surface area contributed by atoms with E-state index in [-0.39, 0.29) is 5.91 Å². The molecule has 3 rings (SSSR count). The molecule has 2 aromatic rings. The molecule has 33 heavy (non-hydrogen) atoms. The van der Waals surface area contributed by atoms with Crippen molar-refractivity contribution in [1.82, 2.24) is 10.2 Å². The predicted molar refractivity (Wildman–Crippen MR) is 136 cm³/mol. The molecule has 1 unspecified atom stereocenters. The van der Waals surface area contributed by atoms with Gasteiger partial charge in [0, 0.05) is 43.2 Å². The number of rotatable bonds is 7. The van der Waals surface area contributed by atoms with Crippen molar-refractivity contribution in [3.8, 4) is 0 Å². The fourth-order valence-electron chi connectivity index (χ4n) is 3.72. The average molecular weight is 470 g/mol. The fraction of sp³-hybridized carbons (Fsp3) is 0.462. The Labute approximate surface area is 201 Å². The van der Waals surface area contributed by atoms with Gasteiger partial charge in [-0.3, -0.25) is 9.69 Å². The predicted octanol–water partition coefficient (Wildman–Crippen LogP) is 4.62. The number of carbonyl (C=O) groups is 2. The number of nitrogens with one attached hydrogen (secondary N) is 2. The number of nitrogens with zero attached hydrogens (tertiary/aromatic N) is 1. The third kappa shape index (κ3) is 8.09. The van der Waals surface area contributed by atoms with E-state index < -0.39 is 17.7 Å². The van der Waals surface area contributed by atoms with E-state index >= 15 is 0 Å². The van der Waals surface area contributed by atoms with Crippen LogP contribution >= 0.6 is 11.8 Å². The van der Waals surface area contributed by atoms with Crippen LogP contribution in [0.15, 0.2) is 48.5 Å². The maximum atomic E-state index is 13.3. The Balaban J connectivity index is 1.73. The van der Waals surface area contributed by atoms with E-state index in [0.29, 0.717) is 6.42 Å². The zero-order chi connectivity index (χ0) is 23.8. The molecule has 6 nitrogen and oxygen atoms in total. The lowest BCUT2D eigenvalue weighted by Gasteiger charge is -2.27. The molecule has 1 saturated heterocycles. The molecule has 0 radical (unpaired) electrons. The van der Waals surface area contributed by atoms with Crippen LogP contribution in [0.2, 0.25) is 0 Å². The van der Waals surface area contributed by atoms with Crippen LogP contribution in [-0.2, 0) is 22.5 Å². The van der Waals surface area contributed by atoms with Crippen molar-refractivity contribution in [1.29, 1.82) is 0 Å². The summed E-state index contributed by atoms with van der Waals surface area (Å²) in [6, 6.07) is 14.9. The highest BCUT2D eigenvalue weighted by Gasteiger charge is 2.25. The average Bonchev–Trinajstić information content (AvgIpc) is 2.76. The third-order valence-electron chi connectivity index (χ3n) is 5.49. The standard InChI is InChI=1S/C26H35N3O3S/c1-19-21(18-29-13-15-33-16-14-29)11-8-12-22(19)27-24(30)23(17-20-9-6-5-7-10-20)28-25(31)32-26(2,3)4/h5-12,23H,13-18H2,1-4H3,(H,27,30)(H,28,31). The summed E-state index contributed by atoms with van der Waals surface area (Å²) in [4.78, 5) is 28.2. The van der Waals surface area contributed by atoms with Crippen LogP contribution in [0.4, 0.5) is 10.5 Å². The van der Waals surface area contributed by atoms with Gasteiger partial charge in [0.15, 0.2) is 0 Å². The number of alkyl carbamates (subject to hydrolysis) is 1. The number of hydrogen-bond acceptors (Lipinski definition) is 5. The normalized spacial score (nSPS) is 15.5. The van der Waals surface area contributed by atoms with Crippen LogP contribution in [0.25, 0.3) is 0 Å². The smallest absolute Gasteiger partial charge is 0.408 e. The highest BCUT2D eigenvalue weighted by molar-refractivity contribution is 7.99. The first-order chi connectivity index (χ1) is 15.7. The molecule has 1 fully saturated rings. The van der Waals surface area contributed by atoms with Crippen molar-refractivity contribution in [3.05, 3.63) is 65.2 Å². The van der Waals surface area contributed by atoms with Crippen molar-refractivity contribution in [3.63, 3.8) is 0 Å². The van der Waals surface area contributed by atoms with Crippen LogP contribution in [0.5, 0.6) is 0 Å². The molecule has 178 valence electrons. The number of carbonyl (C=O) groups excluding carboxylic acids is 2. The summed E-state index contributed by atoms with van der Waals surface area (Å²) in [6.45, 7) is 10.5. The van der Waals surface area contributed by atoms with E-state index in [1.807, 2.05) is 61.2 Å². The summed E-state index contributed by atoms with van der Waals surface area (Å²) >= 11 is 1.99. The second-order valence-electron chi connectivity index (χ2n) is 9.36. The molecule has 0 aliphatic carbocycles. The van der Waals surface area contributed by atoms with E-state index in [1.165, 1.54) is 5.56 Å². The number of amides is 2. The van der Waals surface area contributed by atoms with Gasteiger partial charge in [0.2, 0.25) is 5.91 Å². The number of ether oxygens (including phenoxy) is 1. The van der Waals surface area contributed by atoms with Gasteiger partial charge in [0.25, 0.3) is 0 Å². The Bertz CT molecular complexity index is 938. The van der Waals surface area contributed by atoms with Gasteiger partial charge in [-0.05, 0) is 50.5 Å². The molecule has 1 heterocycles. The van der Waals surface area contributed by atoms with E-state index in [2.05, 4.69) is 21.6 Å². The summed E-state index contributed by atoms with van der Waals surface area (Å²) in [6.07, 6.45) is -0.233. The Morgan fingerprint density at radius 2 is 1.76 bits per heavy atom. The maximum absolute atomic E-state index is 13.3. The molecular formula is C26H35N3O3S. The fourth-order valence-corrected chi connectivity index (χ4v) is 4.70. The SMILES string of the molecule is Cc1c(CN2CCSCC2)cccc1NC(=O)C(Cc1ccccc1)NC(=O)OC(C)(C)C. The maximum Gasteiger partial charge on any atom is 0.408 e. The van der Waals surface area contributed by atoms with E-state index in [1.54, 1.807) is 20.8 Å². The molecule has 1 aliphatic rings. The molecule has 0 aromatic heterocycles. The Hall–Kier alpha value is -2.51. The first kappa shape index (κ1) is 25.1. The van der Waals surface area contributed by atoms with Crippen LogP contribution in [-0.4, -0.2) is 53.1 Å². The quantitative estimate of drug-likeness (QED) is 0.619. The molecule has 0 bridgehead atoms. The molecular weight excluding hydrogens is 434 g/mol. The minimum absolute atomic E-state index is 0.265. The largest absolute Gasteiger partial charge is 0.444 e. The van der Waals surface area contributed by atoms with Gasteiger partial charge in [-0.25, -0.2) is 4.79 Å². The number of hydrogen-bond donors (Lipinski definition) is 2. The van der Waals surface area contributed by atoms with Crippen molar-refractivity contribution in [2.45, 2.75) is 52.3 Å². The minimum atomic E-state index is -0.760. The van der Waals surface area contributed by atoms with Crippen LogP contribution < -0.4 is 10.6 Å². The van der Waals surface area contributed by atoms with E-state index in [9.17, 15) is 9.59 Å². The Morgan fingerprint density at radius 1 is 1.06 bits per heavy atom. The van der Waals surface area contributed by atoms with Crippen LogP contribution in [0.3, 0.4) is 0 Å². The molecule has 2 N–H and O–H groups in total. The van der Waals surface area contributed by atoms with Gasteiger partial charge in [-0.2, -0.15) is 11.8 Å². The van der Waals surface area contributed by atoms with Crippen molar-refractivity contribution in [2.75, 3.05) is 29.9 Å². The lowest BCUT2D eigenvalue weighted by molar-refractivity contribution is -0.118. The third-order valence-corrected chi connectivity index (χ3v) is 6.43. The van der Waals surface area contributed by atoms with E-state index in [0.717, 1.165) is 48.0 Å². The molecule has 2 aromatic carbocycles. The molecule has 2 amide bonds. The molecule has 0 saturated carbocycles. The number of thioether (sulfide) groups is 1. The van der Waals surface area contributed by atoms with Gasteiger partial charge < -0.3 is 15.4 Å². The monoisotopic (exact) mass is 469 g/mol. The first-order valence-corrected chi connectivity index (χ1v) is 12.6. The van der Waals surface area contributed by atoms with Crippen LogP contribution in [0, 0.1) is 6.92 Å². The Kier molecular flexibility index (Phi) is 8.80. The number of benzene rings is 2. The van der Waals surface area contributed by atoms with E-state index in [4.69, 9.17) is 4.74 Å². The van der Waals surface area contributed by atoms with Gasteiger partial charge in [-0.1, -0.05) is 42.5 Å². The summed E-state index contributed by atoms with van der Waals surface area (Å²) in [5.74, 6) is 2.05. The van der Waals surface area contributed by atoms with Gasteiger partial charge >= 0.3 is 6.09 Å². The lowest BCUT2D eigenvalue weighted by Crippen LogP contribution is -2.47. The van der Waals surface area contributed by atoms with Crippen LogP contribution in [0.1, 0.15) is 37.5 Å². The highest BCUT2D eigenvalue weighted by atomic mass is 32.2. The Morgan fingerprint density at radius 3 is 2.42 bits per heavy atom. The van der Waals surface area contributed by atoms with Gasteiger partial charge in [0.1, 0.15) is 11.6 Å². The second-order valence-corrected chi connectivity index (χ2v) is 10.6. The lowest BCUT2D eigenvalue weighted by atomic mass is 10.0. The zero-order valence-corrected chi connectivity index (χ0v) is 20.8. The van der Waals surface area contributed by atoms with Crippen molar-refractivity contribution >= 4 is 29.4 Å². The first-order valence-electron chi connectivity index (χ1n) is 11.4. The second kappa shape index (κ2) is 11.6. The molecule has 1 atom stereocenters. The van der Waals surface area contributed by atoms with Gasteiger partial charge in [0.05, 0.1) is 0 Å². The minimum Gasteiger partial charge on any atom is -0.444 e. The number of anilines is 1. The summed E-state index contributed by atoms with van der Waals surface area (Å²) in [5.41, 5.74) is 3.35. The zero-order valence-electron chi connectivity index (χ0n) is 20.0. The summed E-state index contributed by atoms with van der Waals surface area (Å²) in [7, 11) is 0. The van der Waals surface area contributed by atoms with Crippen molar-refractivity contribution < 1.29 is 14.3 Å². The molecule has 7 heteroatoms. The summed E-state index contributed by atoms with van der Waals surface area (Å²) < 4.78 is 5.40. The molecule has 0 spiro atoms. The van der Waals surface area contributed by atoms with Gasteiger partial charge in [-0.15, -0.1) is 0 Å². The topological polar surface area (TPSA) is 70.7 Å². The highest BCUT2D eigenvalue weighted by Crippen LogP contribution is 2.22. The molecule has 1 aliphatic heterocycles.